The lowest BCUT2D eigenvalue weighted by molar-refractivity contribution is -0.126. The van der Waals surface area contributed by atoms with E-state index in [9.17, 15) is 9.18 Å². The van der Waals surface area contributed by atoms with Gasteiger partial charge >= 0.3 is 0 Å². The molecule has 5 nitrogen and oxygen atoms in total. The Kier molecular flexibility index (Phi) is 8.64. The van der Waals surface area contributed by atoms with Crippen LogP contribution in [-0.4, -0.2) is 27.4 Å². The standard InChI is InChI=1S/C32H41FN2O3Si/c1-32(2,3)39(5,6)38-29(23-9-13-25(33)14-10-23)20-19-28-30(24-11-17-27(37-4)18-12-24)31(36)35(28)26-15-7-22(21-34)8-16-26/h7-18,28-30H,19-21,34H2,1-6H3/t28-,29-,30+/m0/s1. The number of benzene rings is 3. The molecular formula is C32H41FN2O3Si. The predicted molar refractivity (Wildman–Crippen MR) is 158 cm³/mol. The minimum Gasteiger partial charge on any atom is -0.497 e. The number of amides is 1. The Morgan fingerprint density at radius 1 is 0.974 bits per heavy atom. The van der Waals surface area contributed by atoms with Crippen molar-refractivity contribution in [3.8, 4) is 5.75 Å². The summed E-state index contributed by atoms with van der Waals surface area (Å²) in [4.78, 5) is 15.5. The van der Waals surface area contributed by atoms with Crippen molar-refractivity contribution in [2.75, 3.05) is 12.0 Å². The molecule has 1 aliphatic heterocycles. The molecule has 0 aliphatic carbocycles. The number of halogens is 1. The third-order valence-corrected chi connectivity index (χ3v) is 12.8. The molecule has 1 fully saturated rings. The van der Waals surface area contributed by atoms with Gasteiger partial charge in [-0.05, 0) is 84.1 Å². The molecule has 7 heteroatoms. The maximum absolute atomic E-state index is 13.8. The van der Waals surface area contributed by atoms with E-state index in [1.807, 2.05) is 65.6 Å². The van der Waals surface area contributed by atoms with Gasteiger partial charge in [0.25, 0.3) is 0 Å². The Balaban J connectivity index is 1.64. The van der Waals surface area contributed by atoms with E-state index in [-0.39, 0.29) is 34.8 Å². The van der Waals surface area contributed by atoms with E-state index in [1.165, 1.54) is 12.1 Å². The summed E-state index contributed by atoms with van der Waals surface area (Å²) in [7, 11) is -0.489. The second kappa shape index (κ2) is 11.6. The molecule has 39 heavy (non-hydrogen) atoms. The van der Waals surface area contributed by atoms with E-state index in [4.69, 9.17) is 14.9 Å². The van der Waals surface area contributed by atoms with Gasteiger partial charge in [0.15, 0.2) is 8.32 Å². The highest BCUT2D eigenvalue weighted by Crippen LogP contribution is 2.45. The van der Waals surface area contributed by atoms with E-state index < -0.39 is 8.32 Å². The summed E-state index contributed by atoms with van der Waals surface area (Å²) < 4.78 is 26.0. The summed E-state index contributed by atoms with van der Waals surface area (Å²) in [5, 5.41) is 0.0279. The van der Waals surface area contributed by atoms with Gasteiger partial charge in [0.2, 0.25) is 5.91 Å². The molecule has 0 aromatic heterocycles. The van der Waals surface area contributed by atoms with Crippen LogP contribution in [0.4, 0.5) is 10.1 Å². The lowest BCUT2D eigenvalue weighted by Crippen LogP contribution is -2.59. The largest absolute Gasteiger partial charge is 0.497 e. The smallest absolute Gasteiger partial charge is 0.236 e. The molecule has 3 aromatic carbocycles. The van der Waals surface area contributed by atoms with Gasteiger partial charge in [-0.1, -0.05) is 57.2 Å². The minimum absolute atomic E-state index is 0.0279. The highest BCUT2D eigenvalue weighted by molar-refractivity contribution is 6.74. The number of nitrogens with zero attached hydrogens (tertiary/aromatic N) is 1. The number of nitrogens with two attached hydrogens (primary N) is 1. The van der Waals surface area contributed by atoms with Crippen LogP contribution in [0.5, 0.6) is 5.75 Å². The number of rotatable bonds is 10. The normalized spacial score (nSPS) is 18.6. The van der Waals surface area contributed by atoms with Crippen molar-refractivity contribution in [2.24, 2.45) is 5.73 Å². The predicted octanol–water partition coefficient (Wildman–Crippen LogP) is 7.34. The fourth-order valence-corrected chi connectivity index (χ4v) is 6.27. The van der Waals surface area contributed by atoms with Gasteiger partial charge in [0, 0.05) is 12.2 Å². The molecule has 0 saturated carbocycles. The van der Waals surface area contributed by atoms with Crippen molar-refractivity contribution < 1.29 is 18.3 Å². The lowest BCUT2D eigenvalue weighted by atomic mass is 9.78. The van der Waals surface area contributed by atoms with Gasteiger partial charge in [-0.15, -0.1) is 0 Å². The monoisotopic (exact) mass is 548 g/mol. The molecule has 208 valence electrons. The number of carbonyl (C=O) groups excluding carboxylic acids is 1. The molecule has 0 radical (unpaired) electrons. The van der Waals surface area contributed by atoms with Crippen molar-refractivity contribution >= 4 is 19.9 Å². The summed E-state index contributed by atoms with van der Waals surface area (Å²) >= 11 is 0. The molecular weight excluding hydrogens is 507 g/mol. The Labute approximate surface area is 233 Å². The number of carbonyl (C=O) groups is 1. The fraction of sp³-hybridized carbons (Fsp3) is 0.406. The summed E-state index contributed by atoms with van der Waals surface area (Å²) in [5.74, 6) is 0.317. The molecule has 3 atom stereocenters. The number of hydrogen-bond donors (Lipinski definition) is 1. The van der Waals surface area contributed by atoms with Crippen LogP contribution in [0.15, 0.2) is 72.8 Å². The van der Waals surface area contributed by atoms with Crippen LogP contribution in [-0.2, 0) is 15.8 Å². The highest BCUT2D eigenvalue weighted by Gasteiger charge is 2.49. The molecule has 1 saturated heterocycles. The summed E-state index contributed by atoms with van der Waals surface area (Å²) in [6.45, 7) is 11.6. The van der Waals surface area contributed by atoms with E-state index in [0.717, 1.165) is 34.5 Å². The molecule has 1 amide bonds. The molecule has 1 heterocycles. The first kappa shape index (κ1) is 29.0. The maximum atomic E-state index is 13.8. The number of hydrogen-bond acceptors (Lipinski definition) is 4. The van der Waals surface area contributed by atoms with Gasteiger partial charge < -0.3 is 19.8 Å². The van der Waals surface area contributed by atoms with Crippen LogP contribution in [0, 0.1) is 5.82 Å². The van der Waals surface area contributed by atoms with Crippen molar-refractivity contribution in [1.82, 2.24) is 0 Å². The van der Waals surface area contributed by atoms with Crippen molar-refractivity contribution in [1.29, 1.82) is 0 Å². The molecule has 0 bridgehead atoms. The molecule has 4 rings (SSSR count). The lowest BCUT2D eigenvalue weighted by Gasteiger charge is -2.48. The average molecular weight is 549 g/mol. The Morgan fingerprint density at radius 3 is 2.13 bits per heavy atom. The van der Waals surface area contributed by atoms with Gasteiger partial charge in [-0.2, -0.15) is 0 Å². The second-order valence-corrected chi connectivity index (χ2v) is 16.6. The maximum Gasteiger partial charge on any atom is 0.236 e. The summed E-state index contributed by atoms with van der Waals surface area (Å²) in [6, 6.07) is 22.3. The number of ether oxygens (including phenoxy) is 1. The quantitative estimate of drug-likeness (QED) is 0.213. The van der Waals surface area contributed by atoms with Gasteiger partial charge in [0.1, 0.15) is 11.6 Å². The van der Waals surface area contributed by atoms with E-state index in [1.54, 1.807) is 7.11 Å². The van der Waals surface area contributed by atoms with Crippen molar-refractivity contribution in [3.05, 3.63) is 95.3 Å². The molecule has 2 N–H and O–H groups in total. The number of methoxy groups -OCH3 is 1. The highest BCUT2D eigenvalue weighted by atomic mass is 28.4. The van der Waals surface area contributed by atoms with Crippen LogP contribution in [0.1, 0.15) is 62.3 Å². The van der Waals surface area contributed by atoms with Gasteiger partial charge in [-0.3, -0.25) is 4.79 Å². The number of β-lactam (4-membered cyclic amide) rings is 1. The average Bonchev–Trinajstić information content (AvgIpc) is 2.90. The van der Waals surface area contributed by atoms with Crippen LogP contribution >= 0.6 is 0 Å². The summed E-state index contributed by atoms with van der Waals surface area (Å²) in [6.07, 6.45) is 1.25. The van der Waals surface area contributed by atoms with Gasteiger partial charge in [0.05, 0.1) is 25.2 Å². The zero-order valence-corrected chi connectivity index (χ0v) is 24.9. The first-order valence-corrected chi connectivity index (χ1v) is 16.6. The second-order valence-electron chi connectivity index (χ2n) is 11.9. The zero-order chi connectivity index (χ0) is 28.4. The number of anilines is 1. The first-order valence-electron chi connectivity index (χ1n) is 13.6. The molecule has 1 aliphatic rings. The van der Waals surface area contributed by atoms with Crippen molar-refractivity contribution in [2.45, 2.75) is 76.4 Å². The topological polar surface area (TPSA) is 64.8 Å². The SMILES string of the molecule is COc1ccc([C@H]2C(=O)N(c3ccc(CN)cc3)[C@H]2CC[C@H](O[Si](C)(C)C(C)(C)C)c2ccc(F)cc2)cc1. The molecule has 0 unspecified atom stereocenters. The Hall–Kier alpha value is -3.00. The fourth-order valence-electron chi connectivity index (χ4n) is 4.95. The Morgan fingerprint density at radius 2 is 1.59 bits per heavy atom. The van der Waals surface area contributed by atoms with Crippen LogP contribution in [0.3, 0.4) is 0 Å². The van der Waals surface area contributed by atoms with E-state index in [2.05, 4.69) is 33.9 Å². The Bertz CT molecular complexity index is 1200. The molecule has 3 aromatic rings. The zero-order valence-electron chi connectivity index (χ0n) is 23.9. The molecule has 0 spiro atoms. The van der Waals surface area contributed by atoms with Crippen molar-refractivity contribution in [3.63, 3.8) is 0 Å². The van der Waals surface area contributed by atoms with Crippen LogP contribution in [0.2, 0.25) is 18.1 Å². The minimum atomic E-state index is -2.13. The van der Waals surface area contributed by atoms with Gasteiger partial charge in [-0.25, -0.2) is 4.39 Å². The van der Waals surface area contributed by atoms with Crippen LogP contribution in [0.25, 0.3) is 0 Å². The third-order valence-electron chi connectivity index (χ3n) is 8.35. The van der Waals surface area contributed by atoms with Crippen LogP contribution < -0.4 is 15.4 Å². The first-order chi connectivity index (χ1) is 18.4. The summed E-state index contributed by atoms with van der Waals surface area (Å²) in [5.41, 5.74) is 9.63. The third kappa shape index (κ3) is 6.26. The van der Waals surface area contributed by atoms with E-state index >= 15 is 0 Å². The van der Waals surface area contributed by atoms with E-state index in [0.29, 0.717) is 13.0 Å².